The van der Waals surface area contributed by atoms with Gasteiger partial charge in [0.2, 0.25) is 0 Å². The van der Waals surface area contributed by atoms with Gasteiger partial charge in [0.05, 0.1) is 17.1 Å². The lowest BCUT2D eigenvalue weighted by Gasteiger charge is -2.10. The second kappa shape index (κ2) is 10.8. The zero-order valence-corrected chi connectivity index (χ0v) is 16.5. The number of aryl methyl sites for hydroxylation is 1. The number of nitro groups is 1. The van der Waals surface area contributed by atoms with Gasteiger partial charge < -0.3 is 14.8 Å². The average molecular weight is 400 g/mol. The Morgan fingerprint density at radius 2 is 1.83 bits per heavy atom. The minimum atomic E-state index is -0.492. The third-order valence-electron chi connectivity index (χ3n) is 4.11. The van der Waals surface area contributed by atoms with E-state index in [-0.39, 0.29) is 12.3 Å². The van der Waals surface area contributed by atoms with E-state index in [1.807, 2.05) is 0 Å². The molecule has 8 nitrogen and oxygen atoms in total. The fourth-order valence-corrected chi connectivity index (χ4v) is 2.54. The molecule has 2 aromatic rings. The molecule has 0 radical (unpaired) electrons. The number of carbonyl (C=O) groups is 2. The van der Waals surface area contributed by atoms with Crippen LogP contribution in [0.2, 0.25) is 0 Å². The van der Waals surface area contributed by atoms with E-state index < -0.39 is 16.8 Å². The monoisotopic (exact) mass is 400 g/mol. The maximum absolute atomic E-state index is 12.1. The number of rotatable bonds is 10. The van der Waals surface area contributed by atoms with Gasteiger partial charge in [-0.05, 0) is 49.2 Å². The van der Waals surface area contributed by atoms with Crippen molar-refractivity contribution in [3.63, 3.8) is 0 Å². The molecule has 1 N–H and O–H groups in total. The molecule has 8 heteroatoms. The van der Waals surface area contributed by atoms with Crippen LogP contribution < -0.4 is 10.1 Å². The lowest BCUT2D eigenvalue weighted by Crippen LogP contribution is -2.20. The molecule has 0 aliphatic heterocycles. The van der Waals surface area contributed by atoms with Gasteiger partial charge in [-0.2, -0.15) is 0 Å². The molecule has 1 amide bonds. The van der Waals surface area contributed by atoms with Crippen LogP contribution in [-0.4, -0.2) is 30.0 Å². The zero-order valence-electron chi connectivity index (χ0n) is 16.5. The normalized spacial score (nSPS) is 10.3. The number of ether oxygens (including phenoxy) is 2. The van der Waals surface area contributed by atoms with Gasteiger partial charge in [-0.1, -0.05) is 19.8 Å². The Kier molecular flexibility index (Phi) is 8.14. The number of hydrogen-bond donors (Lipinski definition) is 1. The van der Waals surface area contributed by atoms with Crippen LogP contribution in [0.3, 0.4) is 0 Å². The molecule has 154 valence electrons. The maximum Gasteiger partial charge on any atom is 0.338 e. The van der Waals surface area contributed by atoms with Gasteiger partial charge in [0.25, 0.3) is 11.6 Å². The Hall–Kier alpha value is -3.42. The predicted molar refractivity (Wildman–Crippen MR) is 108 cm³/mol. The van der Waals surface area contributed by atoms with Crippen LogP contribution in [0.5, 0.6) is 5.75 Å². The van der Waals surface area contributed by atoms with Crippen molar-refractivity contribution in [1.29, 1.82) is 0 Å². The number of nitrogens with one attached hydrogen (secondary N) is 1. The smallest absolute Gasteiger partial charge is 0.338 e. The van der Waals surface area contributed by atoms with Gasteiger partial charge in [0, 0.05) is 17.8 Å². The molecule has 0 atom stereocenters. The van der Waals surface area contributed by atoms with Crippen LogP contribution in [0.15, 0.2) is 42.5 Å². The largest absolute Gasteiger partial charge is 0.483 e. The number of nitrogens with zero attached hydrogens (tertiary/aromatic N) is 1. The van der Waals surface area contributed by atoms with Gasteiger partial charge >= 0.3 is 5.97 Å². The van der Waals surface area contributed by atoms with Gasteiger partial charge in [-0.15, -0.1) is 0 Å². The number of benzene rings is 2. The van der Waals surface area contributed by atoms with E-state index in [0.29, 0.717) is 29.2 Å². The molecule has 0 fully saturated rings. The number of anilines is 1. The van der Waals surface area contributed by atoms with E-state index in [2.05, 4.69) is 12.2 Å². The molecule has 2 rings (SSSR count). The highest BCUT2D eigenvalue weighted by Crippen LogP contribution is 2.23. The quantitative estimate of drug-likeness (QED) is 0.276. The number of carbonyl (C=O) groups excluding carboxylic acids is 2. The first-order chi connectivity index (χ1) is 13.9. The zero-order chi connectivity index (χ0) is 21.2. The van der Waals surface area contributed by atoms with E-state index in [0.717, 1.165) is 19.3 Å². The van der Waals surface area contributed by atoms with Crippen LogP contribution in [0.1, 0.15) is 42.1 Å². The Morgan fingerprint density at radius 3 is 2.45 bits per heavy atom. The van der Waals surface area contributed by atoms with Crippen LogP contribution in [0.4, 0.5) is 11.4 Å². The topological polar surface area (TPSA) is 108 Å². The van der Waals surface area contributed by atoms with Crippen molar-refractivity contribution in [2.24, 2.45) is 0 Å². The van der Waals surface area contributed by atoms with Crippen LogP contribution >= 0.6 is 0 Å². The van der Waals surface area contributed by atoms with E-state index in [4.69, 9.17) is 9.47 Å². The maximum atomic E-state index is 12.1. The second-order valence-corrected chi connectivity index (χ2v) is 6.46. The van der Waals surface area contributed by atoms with E-state index in [1.165, 1.54) is 18.2 Å². The molecular weight excluding hydrogens is 376 g/mol. The summed E-state index contributed by atoms with van der Waals surface area (Å²) in [5, 5.41) is 13.4. The van der Waals surface area contributed by atoms with Crippen molar-refractivity contribution in [1.82, 2.24) is 0 Å². The molecule has 0 unspecified atom stereocenters. The molecule has 0 spiro atoms. The van der Waals surface area contributed by atoms with Crippen molar-refractivity contribution < 1.29 is 24.0 Å². The third-order valence-corrected chi connectivity index (χ3v) is 4.11. The minimum Gasteiger partial charge on any atom is -0.483 e. The number of esters is 1. The molecule has 0 saturated heterocycles. The number of nitro benzene ring substituents is 1. The molecule has 0 aliphatic carbocycles. The number of hydrogen-bond acceptors (Lipinski definition) is 6. The number of unbranched alkanes of at least 4 members (excludes halogenated alkanes) is 2. The summed E-state index contributed by atoms with van der Waals surface area (Å²) in [6, 6.07) is 10.5. The molecule has 0 heterocycles. The Morgan fingerprint density at radius 1 is 1.10 bits per heavy atom. The first kappa shape index (κ1) is 21.9. The van der Waals surface area contributed by atoms with Gasteiger partial charge in [0.15, 0.2) is 6.61 Å². The molecular formula is C21H24N2O6. The fourth-order valence-electron chi connectivity index (χ4n) is 2.54. The summed E-state index contributed by atoms with van der Waals surface area (Å²) < 4.78 is 10.6. The van der Waals surface area contributed by atoms with Crippen LogP contribution in [-0.2, 0) is 9.53 Å². The van der Waals surface area contributed by atoms with Crippen molar-refractivity contribution in [2.75, 3.05) is 18.5 Å². The first-order valence-electron chi connectivity index (χ1n) is 9.35. The van der Waals surface area contributed by atoms with Crippen LogP contribution in [0, 0.1) is 17.0 Å². The van der Waals surface area contributed by atoms with Crippen molar-refractivity contribution in [3.05, 3.63) is 63.7 Å². The van der Waals surface area contributed by atoms with Gasteiger partial charge in [0.1, 0.15) is 5.75 Å². The molecule has 29 heavy (non-hydrogen) atoms. The highest BCUT2D eigenvalue weighted by Gasteiger charge is 2.11. The summed E-state index contributed by atoms with van der Waals surface area (Å²) in [6.45, 7) is 3.89. The van der Waals surface area contributed by atoms with Gasteiger partial charge in [-0.3, -0.25) is 14.9 Å². The molecule has 0 saturated carbocycles. The summed E-state index contributed by atoms with van der Waals surface area (Å²) in [5.74, 6) is -0.388. The Balaban J connectivity index is 1.83. The molecule has 0 aromatic heterocycles. The summed E-state index contributed by atoms with van der Waals surface area (Å²) in [6.07, 6.45) is 2.91. The lowest BCUT2D eigenvalue weighted by atomic mass is 10.2. The number of non-ortho nitro benzene ring substituents is 1. The summed E-state index contributed by atoms with van der Waals surface area (Å²) >= 11 is 0. The molecule has 0 bridgehead atoms. The summed E-state index contributed by atoms with van der Waals surface area (Å²) in [4.78, 5) is 34.2. The van der Waals surface area contributed by atoms with Crippen molar-refractivity contribution in [2.45, 2.75) is 33.1 Å². The summed E-state index contributed by atoms with van der Waals surface area (Å²) in [5.41, 5.74) is 1.45. The average Bonchev–Trinajstić information content (AvgIpc) is 2.70. The third kappa shape index (κ3) is 6.91. The summed E-state index contributed by atoms with van der Waals surface area (Å²) in [7, 11) is 0. The molecule has 0 aliphatic rings. The first-order valence-corrected chi connectivity index (χ1v) is 9.35. The highest BCUT2D eigenvalue weighted by molar-refractivity contribution is 5.93. The Labute approximate surface area is 169 Å². The SMILES string of the molecule is CCCCCOC(=O)c1ccc(NC(=O)COc2ccc([N+](=O)[O-])cc2C)cc1. The van der Waals surface area contributed by atoms with Crippen molar-refractivity contribution >= 4 is 23.3 Å². The number of amides is 1. The van der Waals surface area contributed by atoms with Gasteiger partial charge in [-0.25, -0.2) is 4.79 Å². The van der Waals surface area contributed by atoms with Crippen molar-refractivity contribution in [3.8, 4) is 5.75 Å². The minimum absolute atomic E-state index is 0.0386. The second-order valence-electron chi connectivity index (χ2n) is 6.46. The predicted octanol–water partition coefficient (Wildman–Crippen LogP) is 4.27. The standard InChI is InChI=1S/C21H24N2O6/c1-3-4-5-12-28-21(25)16-6-8-17(9-7-16)22-20(24)14-29-19-11-10-18(23(26)27)13-15(19)2/h6-11,13H,3-5,12,14H2,1-2H3,(H,22,24). The lowest BCUT2D eigenvalue weighted by molar-refractivity contribution is -0.384. The highest BCUT2D eigenvalue weighted by atomic mass is 16.6. The Bertz CT molecular complexity index is 864. The fraction of sp³-hybridized carbons (Fsp3) is 0.333. The van der Waals surface area contributed by atoms with E-state index >= 15 is 0 Å². The molecule has 2 aromatic carbocycles. The van der Waals surface area contributed by atoms with Crippen LogP contribution in [0.25, 0.3) is 0 Å². The van der Waals surface area contributed by atoms with E-state index in [1.54, 1.807) is 31.2 Å². The van der Waals surface area contributed by atoms with E-state index in [9.17, 15) is 19.7 Å².